The van der Waals surface area contributed by atoms with E-state index >= 15 is 0 Å². The van der Waals surface area contributed by atoms with E-state index in [2.05, 4.69) is 0 Å². The van der Waals surface area contributed by atoms with Crippen LogP contribution in [-0.2, 0) is 9.59 Å². The van der Waals surface area contributed by atoms with E-state index in [1.54, 1.807) is 0 Å². The summed E-state index contributed by atoms with van der Waals surface area (Å²) in [4.78, 5) is 21.7. The molecule has 0 unspecified atom stereocenters. The summed E-state index contributed by atoms with van der Waals surface area (Å²) in [6, 6.07) is 0. The second-order valence-electron chi connectivity index (χ2n) is 3.39. The molecule has 68 valence electrons. The summed E-state index contributed by atoms with van der Waals surface area (Å²) >= 11 is 0. The molecule has 0 aromatic rings. The molecule has 0 heterocycles. The van der Waals surface area contributed by atoms with Crippen molar-refractivity contribution in [3.8, 4) is 0 Å². The maximum atomic E-state index is 11.0. The summed E-state index contributed by atoms with van der Waals surface area (Å²) in [6.45, 7) is 1.94. The van der Waals surface area contributed by atoms with E-state index in [0.717, 1.165) is 6.42 Å². The fraction of sp³-hybridized carbons (Fsp3) is 0.778. The summed E-state index contributed by atoms with van der Waals surface area (Å²) < 4.78 is 0. The third-order valence-electron chi connectivity index (χ3n) is 2.63. The number of aliphatic carboxylic acids is 1. The van der Waals surface area contributed by atoms with Crippen LogP contribution in [0.3, 0.4) is 0 Å². The van der Waals surface area contributed by atoms with Gasteiger partial charge in [-0.1, -0.05) is 13.3 Å². The maximum absolute atomic E-state index is 11.0. The average Bonchev–Trinajstić information content (AvgIpc) is 2.03. The summed E-state index contributed by atoms with van der Waals surface area (Å²) in [5, 5.41) is 8.81. The zero-order valence-electron chi connectivity index (χ0n) is 7.25. The van der Waals surface area contributed by atoms with E-state index in [-0.39, 0.29) is 17.6 Å². The lowest BCUT2D eigenvalue weighted by molar-refractivity contribution is -0.146. The van der Waals surface area contributed by atoms with Gasteiger partial charge in [-0.2, -0.15) is 0 Å². The first-order valence-corrected chi connectivity index (χ1v) is 4.39. The molecule has 3 nitrogen and oxygen atoms in total. The molecule has 12 heavy (non-hydrogen) atoms. The molecule has 0 amide bonds. The van der Waals surface area contributed by atoms with Crippen molar-refractivity contribution in [3.63, 3.8) is 0 Å². The van der Waals surface area contributed by atoms with Gasteiger partial charge >= 0.3 is 5.97 Å². The number of hydrogen-bond acceptors (Lipinski definition) is 2. The fourth-order valence-corrected chi connectivity index (χ4v) is 1.84. The van der Waals surface area contributed by atoms with Gasteiger partial charge in [0.1, 0.15) is 5.78 Å². The number of Topliss-reactive ketones (excluding diaryl/α,β-unsaturated/α-hetero) is 1. The Morgan fingerprint density at radius 1 is 1.67 bits per heavy atom. The van der Waals surface area contributed by atoms with Crippen LogP contribution in [0.5, 0.6) is 0 Å². The van der Waals surface area contributed by atoms with Crippen LogP contribution in [0.25, 0.3) is 0 Å². The Kier molecular flexibility index (Phi) is 2.84. The predicted octanol–water partition coefficient (Wildman–Crippen LogP) is 1.47. The Morgan fingerprint density at radius 2 is 2.33 bits per heavy atom. The quantitative estimate of drug-likeness (QED) is 0.682. The van der Waals surface area contributed by atoms with Gasteiger partial charge in [0.2, 0.25) is 0 Å². The van der Waals surface area contributed by atoms with Crippen molar-refractivity contribution in [3.05, 3.63) is 0 Å². The Hall–Kier alpha value is -0.860. The van der Waals surface area contributed by atoms with E-state index in [1.807, 2.05) is 6.92 Å². The zero-order valence-corrected chi connectivity index (χ0v) is 7.25. The standard InChI is InChI=1S/C9H14O3/c1-2-6-5-7(10)3-4-8(6)9(11)12/h6,8H,2-5H2,1H3,(H,11,12)/t6-,8-/m1/s1. The number of ketones is 1. The third kappa shape index (κ3) is 1.84. The van der Waals surface area contributed by atoms with Gasteiger partial charge < -0.3 is 5.11 Å². The molecule has 1 fully saturated rings. The number of carboxylic acids is 1. The highest BCUT2D eigenvalue weighted by Crippen LogP contribution is 2.30. The molecule has 0 spiro atoms. The minimum absolute atomic E-state index is 0.0729. The van der Waals surface area contributed by atoms with Crippen molar-refractivity contribution in [1.82, 2.24) is 0 Å². The number of rotatable bonds is 2. The second kappa shape index (κ2) is 3.70. The van der Waals surface area contributed by atoms with Crippen molar-refractivity contribution in [2.24, 2.45) is 11.8 Å². The van der Waals surface area contributed by atoms with Gasteiger partial charge in [0.05, 0.1) is 5.92 Å². The molecule has 1 saturated carbocycles. The lowest BCUT2D eigenvalue weighted by atomic mass is 9.77. The predicted molar refractivity (Wildman–Crippen MR) is 43.8 cm³/mol. The summed E-state index contributed by atoms with van der Waals surface area (Å²) in [5.74, 6) is -0.731. The molecule has 1 aliphatic carbocycles. The van der Waals surface area contributed by atoms with Gasteiger partial charge in [-0.15, -0.1) is 0 Å². The number of carboxylic acid groups (broad SMARTS) is 1. The molecular weight excluding hydrogens is 156 g/mol. The van der Waals surface area contributed by atoms with Crippen molar-refractivity contribution < 1.29 is 14.7 Å². The molecular formula is C9H14O3. The molecule has 3 heteroatoms. The molecule has 0 aliphatic heterocycles. The van der Waals surface area contributed by atoms with Crippen molar-refractivity contribution >= 4 is 11.8 Å². The van der Waals surface area contributed by atoms with Gasteiger partial charge in [0.15, 0.2) is 0 Å². The first-order valence-electron chi connectivity index (χ1n) is 4.39. The highest BCUT2D eigenvalue weighted by atomic mass is 16.4. The van der Waals surface area contributed by atoms with E-state index < -0.39 is 5.97 Å². The molecule has 0 radical (unpaired) electrons. The number of hydrogen-bond donors (Lipinski definition) is 1. The largest absolute Gasteiger partial charge is 0.481 e. The van der Waals surface area contributed by atoms with Gasteiger partial charge in [-0.25, -0.2) is 0 Å². The van der Waals surface area contributed by atoms with Gasteiger partial charge in [-0.05, 0) is 12.3 Å². The Bertz CT molecular complexity index is 198. The zero-order chi connectivity index (χ0) is 9.14. The fourth-order valence-electron chi connectivity index (χ4n) is 1.84. The van der Waals surface area contributed by atoms with Crippen molar-refractivity contribution in [2.45, 2.75) is 32.6 Å². The molecule has 1 N–H and O–H groups in total. The van der Waals surface area contributed by atoms with Crippen LogP contribution in [0.15, 0.2) is 0 Å². The van der Waals surface area contributed by atoms with Crippen molar-refractivity contribution in [1.29, 1.82) is 0 Å². The molecule has 2 atom stereocenters. The molecule has 1 aliphatic rings. The van der Waals surface area contributed by atoms with Crippen LogP contribution in [0.2, 0.25) is 0 Å². The average molecular weight is 170 g/mol. The van der Waals surface area contributed by atoms with Crippen LogP contribution < -0.4 is 0 Å². The van der Waals surface area contributed by atoms with E-state index in [0.29, 0.717) is 19.3 Å². The van der Waals surface area contributed by atoms with Crippen LogP contribution in [-0.4, -0.2) is 16.9 Å². The van der Waals surface area contributed by atoms with E-state index in [4.69, 9.17) is 5.11 Å². The SMILES string of the molecule is CC[C@@H]1CC(=O)CC[C@H]1C(=O)O. The van der Waals surface area contributed by atoms with Crippen LogP contribution >= 0.6 is 0 Å². The lowest BCUT2D eigenvalue weighted by Crippen LogP contribution is -2.30. The lowest BCUT2D eigenvalue weighted by Gasteiger charge is -2.26. The minimum atomic E-state index is -0.741. The Balaban J connectivity index is 2.62. The highest BCUT2D eigenvalue weighted by Gasteiger charge is 2.32. The molecule has 1 rings (SSSR count). The summed E-state index contributed by atoms with van der Waals surface area (Å²) in [6.07, 6.45) is 2.25. The second-order valence-corrected chi connectivity index (χ2v) is 3.39. The normalized spacial score (nSPS) is 30.2. The minimum Gasteiger partial charge on any atom is -0.481 e. The Morgan fingerprint density at radius 3 is 2.83 bits per heavy atom. The molecule has 0 saturated heterocycles. The van der Waals surface area contributed by atoms with Gasteiger partial charge in [0.25, 0.3) is 0 Å². The van der Waals surface area contributed by atoms with Gasteiger partial charge in [0, 0.05) is 12.8 Å². The first kappa shape index (κ1) is 9.23. The van der Waals surface area contributed by atoms with E-state index in [9.17, 15) is 9.59 Å². The van der Waals surface area contributed by atoms with Gasteiger partial charge in [-0.3, -0.25) is 9.59 Å². The smallest absolute Gasteiger partial charge is 0.306 e. The van der Waals surface area contributed by atoms with Crippen molar-refractivity contribution in [2.75, 3.05) is 0 Å². The highest BCUT2D eigenvalue weighted by molar-refractivity contribution is 5.82. The summed E-state index contributed by atoms with van der Waals surface area (Å²) in [7, 11) is 0. The maximum Gasteiger partial charge on any atom is 0.306 e. The van der Waals surface area contributed by atoms with Crippen LogP contribution in [0.1, 0.15) is 32.6 Å². The molecule has 0 aromatic carbocycles. The summed E-state index contributed by atoms with van der Waals surface area (Å²) in [5.41, 5.74) is 0. The third-order valence-corrected chi connectivity index (χ3v) is 2.63. The Labute approximate surface area is 71.8 Å². The van der Waals surface area contributed by atoms with E-state index in [1.165, 1.54) is 0 Å². The molecule has 0 aromatic heterocycles. The van der Waals surface area contributed by atoms with Crippen LogP contribution in [0, 0.1) is 11.8 Å². The number of carbonyl (C=O) groups excluding carboxylic acids is 1. The molecule has 0 bridgehead atoms. The first-order chi connectivity index (χ1) is 5.65. The monoisotopic (exact) mass is 170 g/mol. The number of carbonyl (C=O) groups is 2. The van der Waals surface area contributed by atoms with Crippen LogP contribution in [0.4, 0.5) is 0 Å². The topological polar surface area (TPSA) is 54.4 Å².